The zero-order valence-corrected chi connectivity index (χ0v) is 15.6. The molecule has 138 valence electrons. The Labute approximate surface area is 153 Å². The number of carbonyl (C=O) groups is 2. The largest absolute Gasteiger partial charge is 0.326 e. The van der Waals surface area contributed by atoms with Gasteiger partial charge in [-0.2, -0.15) is 0 Å². The van der Waals surface area contributed by atoms with Crippen LogP contribution in [0.1, 0.15) is 36.2 Å². The van der Waals surface area contributed by atoms with Crippen molar-refractivity contribution < 1.29 is 18.0 Å². The number of hydrogen-bond donors (Lipinski definition) is 2. The highest BCUT2D eigenvalue weighted by Crippen LogP contribution is 2.15. The highest BCUT2D eigenvalue weighted by atomic mass is 32.2. The van der Waals surface area contributed by atoms with Crippen LogP contribution in [0.25, 0.3) is 0 Å². The summed E-state index contributed by atoms with van der Waals surface area (Å²) in [5, 5.41) is 2.80. The number of anilines is 1. The topological polar surface area (TPSA) is 92.3 Å². The predicted octanol–water partition coefficient (Wildman–Crippen LogP) is 2.76. The third-order valence-corrected chi connectivity index (χ3v) is 5.36. The van der Waals surface area contributed by atoms with Crippen molar-refractivity contribution in [2.45, 2.75) is 31.6 Å². The van der Waals surface area contributed by atoms with Gasteiger partial charge in [-0.05, 0) is 37.1 Å². The van der Waals surface area contributed by atoms with Crippen molar-refractivity contribution in [1.82, 2.24) is 4.72 Å². The Hall–Kier alpha value is -2.51. The fourth-order valence-corrected chi connectivity index (χ4v) is 3.45. The molecule has 1 amide bonds. The molecule has 0 saturated heterocycles. The molecule has 6 nitrogen and oxygen atoms in total. The van der Waals surface area contributed by atoms with Gasteiger partial charge in [0.2, 0.25) is 15.9 Å². The van der Waals surface area contributed by atoms with Crippen LogP contribution in [0.2, 0.25) is 0 Å². The van der Waals surface area contributed by atoms with Crippen LogP contribution in [0.4, 0.5) is 5.69 Å². The van der Waals surface area contributed by atoms with Gasteiger partial charge >= 0.3 is 0 Å². The van der Waals surface area contributed by atoms with Crippen LogP contribution < -0.4 is 10.0 Å². The van der Waals surface area contributed by atoms with Crippen LogP contribution >= 0.6 is 0 Å². The summed E-state index contributed by atoms with van der Waals surface area (Å²) in [5.74, 6) is -0.397. The molecule has 0 aromatic heterocycles. The average molecular weight is 374 g/mol. The molecule has 2 rings (SSSR count). The molecule has 0 heterocycles. The van der Waals surface area contributed by atoms with E-state index in [-0.39, 0.29) is 29.6 Å². The third-order valence-electron chi connectivity index (χ3n) is 3.89. The normalized spacial score (nSPS) is 11.2. The van der Waals surface area contributed by atoms with Crippen molar-refractivity contribution in [2.75, 3.05) is 11.9 Å². The maximum Gasteiger partial charge on any atom is 0.240 e. The molecule has 2 aromatic rings. The van der Waals surface area contributed by atoms with Crippen LogP contribution in [0.5, 0.6) is 0 Å². The first-order valence-electron chi connectivity index (χ1n) is 8.32. The first kappa shape index (κ1) is 19.8. The number of rotatable bonds is 8. The number of carbonyl (C=O) groups excluding carboxylic acids is 2. The Kier molecular flexibility index (Phi) is 6.65. The summed E-state index contributed by atoms with van der Waals surface area (Å²) in [5.41, 5.74) is 2.20. The van der Waals surface area contributed by atoms with E-state index < -0.39 is 10.0 Å². The molecule has 0 spiro atoms. The first-order chi connectivity index (χ1) is 12.3. The molecule has 0 fully saturated rings. The van der Waals surface area contributed by atoms with Crippen LogP contribution in [0.15, 0.2) is 53.4 Å². The Bertz CT molecular complexity index is 890. The van der Waals surface area contributed by atoms with Gasteiger partial charge in [0, 0.05) is 24.2 Å². The maximum atomic E-state index is 12.2. The molecule has 0 unspecified atom stereocenters. The molecule has 0 aliphatic rings. The second-order valence-electron chi connectivity index (χ2n) is 5.79. The zero-order chi connectivity index (χ0) is 19.2. The van der Waals surface area contributed by atoms with Crippen molar-refractivity contribution in [3.63, 3.8) is 0 Å². The minimum absolute atomic E-state index is 0.0167. The van der Waals surface area contributed by atoms with E-state index in [9.17, 15) is 18.0 Å². The van der Waals surface area contributed by atoms with Crippen molar-refractivity contribution in [3.8, 4) is 0 Å². The standard InChI is InChI=1S/C19H22N2O4S/c1-3-15-6-4-5-7-18(15)21-19(23)12-13-20-26(24,25)17-10-8-16(9-11-17)14(2)22/h4-11,20H,3,12-13H2,1-2H3,(H,21,23). The lowest BCUT2D eigenvalue weighted by Gasteiger charge is -2.10. The van der Waals surface area contributed by atoms with Gasteiger partial charge in [0.25, 0.3) is 0 Å². The second kappa shape index (κ2) is 8.73. The van der Waals surface area contributed by atoms with Gasteiger partial charge in [-0.3, -0.25) is 9.59 Å². The van der Waals surface area contributed by atoms with Gasteiger partial charge in [-0.25, -0.2) is 13.1 Å². The third kappa shape index (κ3) is 5.24. The predicted molar refractivity (Wildman–Crippen MR) is 101 cm³/mol. The number of benzene rings is 2. The number of Topliss-reactive ketones (excluding diaryl/α,β-unsaturated/α-hetero) is 1. The van der Waals surface area contributed by atoms with Crippen molar-refractivity contribution in [3.05, 3.63) is 59.7 Å². The first-order valence-corrected chi connectivity index (χ1v) is 9.80. The van der Waals surface area contributed by atoms with Crippen LogP contribution in [0.3, 0.4) is 0 Å². The molecular weight excluding hydrogens is 352 g/mol. The number of amides is 1. The van der Waals surface area contributed by atoms with Crippen molar-refractivity contribution in [2.24, 2.45) is 0 Å². The molecule has 0 aliphatic heterocycles. The lowest BCUT2D eigenvalue weighted by atomic mass is 10.1. The lowest BCUT2D eigenvalue weighted by molar-refractivity contribution is -0.116. The van der Waals surface area contributed by atoms with Crippen molar-refractivity contribution in [1.29, 1.82) is 0 Å². The SMILES string of the molecule is CCc1ccccc1NC(=O)CCNS(=O)(=O)c1ccc(C(C)=O)cc1. The van der Waals surface area contributed by atoms with Crippen LogP contribution in [0, 0.1) is 0 Å². The smallest absolute Gasteiger partial charge is 0.240 e. The lowest BCUT2D eigenvalue weighted by Crippen LogP contribution is -2.28. The van der Waals surface area contributed by atoms with Gasteiger partial charge in [0.05, 0.1) is 4.90 Å². The molecule has 0 aliphatic carbocycles. The summed E-state index contributed by atoms with van der Waals surface area (Å²) >= 11 is 0. The highest BCUT2D eigenvalue weighted by molar-refractivity contribution is 7.89. The summed E-state index contributed by atoms with van der Waals surface area (Å²) in [6, 6.07) is 13.2. The van der Waals surface area contributed by atoms with Gasteiger partial charge in [0.15, 0.2) is 5.78 Å². The van der Waals surface area contributed by atoms with Crippen LogP contribution in [-0.4, -0.2) is 26.7 Å². The molecule has 7 heteroatoms. The molecule has 0 saturated carbocycles. The van der Waals surface area contributed by atoms with E-state index >= 15 is 0 Å². The molecule has 26 heavy (non-hydrogen) atoms. The fraction of sp³-hybridized carbons (Fsp3) is 0.263. The Morgan fingerprint density at radius 2 is 1.65 bits per heavy atom. The summed E-state index contributed by atoms with van der Waals surface area (Å²) < 4.78 is 26.8. The number of aryl methyl sites for hydroxylation is 1. The maximum absolute atomic E-state index is 12.2. The summed E-state index contributed by atoms with van der Waals surface area (Å²) in [7, 11) is -3.73. The molecule has 2 N–H and O–H groups in total. The number of sulfonamides is 1. The minimum atomic E-state index is -3.73. The van der Waals surface area contributed by atoms with E-state index in [0.717, 1.165) is 17.7 Å². The number of hydrogen-bond acceptors (Lipinski definition) is 4. The van der Waals surface area contributed by atoms with E-state index in [0.29, 0.717) is 5.56 Å². The molecular formula is C19H22N2O4S. The zero-order valence-electron chi connectivity index (χ0n) is 14.8. The minimum Gasteiger partial charge on any atom is -0.326 e. The highest BCUT2D eigenvalue weighted by Gasteiger charge is 2.15. The van der Waals surface area contributed by atoms with Gasteiger partial charge in [-0.1, -0.05) is 37.3 Å². The van der Waals surface area contributed by atoms with Crippen molar-refractivity contribution >= 4 is 27.4 Å². The van der Waals surface area contributed by atoms with E-state index in [1.54, 1.807) is 0 Å². The fourth-order valence-electron chi connectivity index (χ4n) is 2.41. The molecule has 0 atom stereocenters. The number of ketones is 1. The monoisotopic (exact) mass is 374 g/mol. The van der Waals surface area contributed by atoms with E-state index in [4.69, 9.17) is 0 Å². The number of nitrogens with one attached hydrogen (secondary N) is 2. The van der Waals surface area contributed by atoms with Gasteiger partial charge in [0.1, 0.15) is 0 Å². The molecule has 0 radical (unpaired) electrons. The summed E-state index contributed by atoms with van der Waals surface area (Å²) in [6.07, 6.45) is 0.808. The van der Waals surface area contributed by atoms with Crippen LogP contribution in [-0.2, 0) is 21.2 Å². The number of para-hydroxylation sites is 1. The summed E-state index contributed by atoms with van der Waals surface area (Å²) in [4.78, 5) is 23.3. The quantitative estimate of drug-likeness (QED) is 0.695. The van der Waals surface area contributed by atoms with E-state index in [1.165, 1.54) is 31.2 Å². The second-order valence-corrected chi connectivity index (χ2v) is 7.55. The average Bonchev–Trinajstić information content (AvgIpc) is 2.62. The van der Waals surface area contributed by atoms with Gasteiger partial charge < -0.3 is 5.32 Å². The van der Waals surface area contributed by atoms with Gasteiger partial charge in [-0.15, -0.1) is 0 Å². The van der Waals surface area contributed by atoms with E-state index in [2.05, 4.69) is 10.0 Å². The molecule has 0 bridgehead atoms. The van der Waals surface area contributed by atoms with E-state index in [1.807, 2.05) is 31.2 Å². The Morgan fingerprint density at radius 1 is 1.00 bits per heavy atom. The Morgan fingerprint density at radius 3 is 2.27 bits per heavy atom. The Balaban J connectivity index is 1.91. The summed E-state index contributed by atoms with van der Waals surface area (Å²) in [6.45, 7) is 3.39. The molecule has 2 aromatic carbocycles.